The van der Waals surface area contributed by atoms with Crippen LogP contribution in [0.5, 0.6) is 11.5 Å². The number of rotatable bonds is 4. The van der Waals surface area contributed by atoms with E-state index in [2.05, 4.69) is 26.1 Å². The highest BCUT2D eigenvalue weighted by Crippen LogP contribution is 2.38. The molecule has 0 saturated heterocycles. The van der Waals surface area contributed by atoms with E-state index in [0.717, 1.165) is 21.5 Å². The maximum Gasteiger partial charge on any atom is 0.231 e. The number of hydrogen-bond acceptors (Lipinski definition) is 5. The number of fused-ring (bicyclic) bond motifs is 1. The summed E-state index contributed by atoms with van der Waals surface area (Å²) in [4.78, 5) is 0. The number of halogens is 2. The average Bonchev–Trinajstić information content (AvgIpc) is 3.21. The average molecular weight is 408 g/mol. The molecular formula is C16H11BrFN3O2S. The second-order valence-electron chi connectivity index (χ2n) is 5.02. The lowest BCUT2D eigenvalue weighted by atomic mass is 10.2. The predicted octanol–water partition coefficient (Wildman–Crippen LogP) is 4.19. The molecule has 0 unspecified atom stereocenters. The standard InChI is InChI=1S/C16H11BrFN3O2S/c17-11-6-15-14(22-9-23-15)5-10(11)7-24-16-20-19-8-21(16)13-4-2-1-3-12(13)18/h1-6,8H,7,9H2. The van der Waals surface area contributed by atoms with Gasteiger partial charge in [0.05, 0.1) is 5.69 Å². The number of hydrogen-bond donors (Lipinski definition) is 0. The Morgan fingerprint density at radius 1 is 1.21 bits per heavy atom. The highest BCUT2D eigenvalue weighted by molar-refractivity contribution is 9.10. The van der Waals surface area contributed by atoms with Crippen LogP contribution in [0.2, 0.25) is 0 Å². The van der Waals surface area contributed by atoms with Crippen molar-refractivity contribution in [1.29, 1.82) is 0 Å². The van der Waals surface area contributed by atoms with Crippen molar-refractivity contribution in [3.05, 3.63) is 58.6 Å². The van der Waals surface area contributed by atoms with Gasteiger partial charge in [-0.05, 0) is 29.8 Å². The summed E-state index contributed by atoms with van der Waals surface area (Å²) >= 11 is 5.00. The summed E-state index contributed by atoms with van der Waals surface area (Å²) in [7, 11) is 0. The van der Waals surface area contributed by atoms with Crippen LogP contribution in [0.15, 0.2) is 52.4 Å². The summed E-state index contributed by atoms with van der Waals surface area (Å²) in [6.45, 7) is 0.236. The Morgan fingerprint density at radius 2 is 2.00 bits per heavy atom. The number of aromatic nitrogens is 3. The summed E-state index contributed by atoms with van der Waals surface area (Å²) in [5.41, 5.74) is 1.46. The monoisotopic (exact) mass is 407 g/mol. The zero-order chi connectivity index (χ0) is 16.5. The first-order valence-electron chi connectivity index (χ1n) is 7.08. The molecule has 3 aromatic rings. The molecule has 0 radical (unpaired) electrons. The van der Waals surface area contributed by atoms with E-state index in [-0.39, 0.29) is 12.6 Å². The van der Waals surface area contributed by atoms with E-state index >= 15 is 0 Å². The zero-order valence-electron chi connectivity index (χ0n) is 12.3. The summed E-state index contributed by atoms with van der Waals surface area (Å²) in [6.07, 6.45) is 1.51. The SMILES string of the molecule is Fc1ccccc1-n1cnnc1SCc1cc2c(cc1Br)OCO2. The molecule has 5 nitrogen and oxygen atoms in total. The highest BCUT2D eigenvalue weighted by atomic mass is 79.9. The Hall–Kier alpha value is -2.06. The van der Waals surface area contributed by atoms with Crippen LogP contribution in [0.1, 0.15) is 5.56 Å². The van der Waals surface area contributed by atoms with E-state index in [4.69, 9.17) is 9.47 Å². The van der Waals surface area contributed by atoms with Gasteiger partial charge in [-0.2, -0.15) is 0 Å². The van der Waals surface area contributed by atoms with Crippen LogP contribution in [-0.4, -0.2) is 21.6 Å². The van der Waals surface area contributed by atoms with E-state index in [0.29, 0.717) is 16.6 Å². The molecule has 0 spiro atoms. The minimum Gasteiger partial charge on any atom is -0.454 e. The zero-order valence-corrected chi connectivity index (χ0v) is 14.7. The van der Waals surface area contributed by atoms with E-state index in [1.54, 1.807) is 22.8 Å². The van der Waals surface area contributed by atoms with Crippen molar-refractivity contribution in [2.24, 2.45) is 0 Å². The molecule has 0 N–H and O–H groups in total. The van der Waals surface area contributed by atoms with Crippen molar-refractivity contribution in [3.8, 4) is 17.2 Å². The van der Waals surface area contributed by atoms with Crippen molar-refractivity contribution in [3.63, 3.8) is 0 Å². The first-order chi connectivity index (χ1) is 11.7. The van der Waals surface area contributed by atoms with Crippen LogP contribution in [0, 0.1) is 5.82 Å². The molecule has 0 bridgehead atoms. The lowest BCUT2D eigenvalue weighted by molar-refractivity contribution is 0.174. The minimum absolute atomic E-state index is 0.236. The van der Waals surface area contributed by atoms with Crippen molar-refractivity contribution in [1.82, 2.24) is 14.8 Å². The Morgan fingerprint density at radius 3 is 2.83 bits per heavy atom. The minimum atomic E-state index is -0.316. The van der Waals surface area contributed by atoms with E-state index in [1.807, 2.05) is 12.1 Å². The number of nitrogens with zero attached hydrogens (tertiary/aromatic N) is 3. The van der Waals surface area contributed by atoms with Gasteiger partial charge in [0.1, 0.15) is 12.1 Å². The molecule has 1 aromatic heterocycles. The molecule has 0 fully saturated rings. The van der Waals surface area contributed by atoms with Gasteiger partial charge in [-0.1, -0.05) is 39.8 Å². The summed E-state index contributed by atoms with van der Waals surface area (Å²) < 4.78 is 27.3. The number of benzene rings is 2. The van der Waals surface area contributed by atoms with Crippen molar-refractivity contribution >= 4 is 27.7 Å². The Bertz CT molecular complexity index is 903. The van der Waals surface area contributed by atoms with Gasteiger partial charge in [-0.3, -0.25) is 4.57 Å². The van der Waals surface area contributed by atoms with Crippen LogP contribution in [-0.2, 0) is 5.75 Å². The highest BCUT2D eigenvalue weighted by Gasteiger charge is 2.17. The van der Waals surface area contributed by atoms with Gasteiger partial charge in [-0.25, -0.2) is 4.39 Å². The Labute approximate surface area is 149 Å². The van der Waals surface area contributed by atoms with Crippen LogP contribution >= 0.6 is 27.7 Å². The van der Waals surface area contributed by atoms with Gasteiger partial charge in [-0.15, -0.1) is 10.2 Å². The van der Waals surface area contributed by atoms with E-state index in [9.17, 15) is 4.39 Å². The molecule has 0 atom stereocenters. The lowest BCUT2D eigenvalue weighted by Gasteiger charge is -2.08. The molecule has 8 heteroatoms. The largest absolute Gasteiger partial charge is 0.454 e. The second kappa shape index (κ2) is 6.45. The third-order valence-corrected chi connectivity index (χ3v) is 5.26. The molecule has 0 aliphatic carbocycles. The second-order valence-corrected chi connectivity index (χ2v) is 6.82. The fourth-order valence-corrected chi connectivity index (χ4v) is 3.91. The first kappa shape index (κ1) is 15.5. The third-order valence-electron chi connectivity index (χ3n) is 3.53. The molecule has 1 aliphatic heterocycles. The van der Waals surface area contributed by atoms with Crippen LogP contribution in [0.4, 0.5) is 4.39 Å². The fraction of sp³-hybridized carbons (Fsp3) is 0.125. The topological polar surface area (TPSA) is 49.2 Å². The van der Waals surface area contributed by atoms with Crippen molar-refractivity contribution in [2.75, 3.05) is 6.79 Å². The first-order valence-corrected chi connectivity index (χ1v) is 8.86. The Kier molecular flexibility index (Phi) is 4.15. The van der Waals surface area contributed by atoms with E-state index < -0.39 is 0 Å². The molecule has 2 heterocycles. The van der Waals surface area contributed by atoms with Gasteiger partial charge in [0.25, 0.3) is 0 Å². The Balaban J connectivity index is 1.58. The van der Waals surface area contributed by atoms with Gasteiger partial charge in [0.2, 0.25) is 6.79 Å². The van der Waals surface area contributed by atoms with Gasteiger partial charge < -0.3 is 9.47 Å². The van der Waals surface area contributed by atoms with Gasteiger partial charge in [0.15, 0.2) is 16.7 Å². The summed E-state index contributed by atoms with van der Waals surface area (Å²) in [6, 6.07) is 10.4. The summed E-state index contributed by atoms with van der Waals surface area (Å²) in [5, 5.41) is 8.61. The molecule has 4 rings (SSSR count). The van der Waals surface area contributed by atoms with Gasteiger partial charge >= 0.3 is 0 Å². The fourth-order valence-electron chi connectivity index (χ4n) is 2.35. The number of para-hydroxylation sites is 1. The molecule has 1 aliphatic rings. The molecule has 2 aromatic carbocycles. The predicted molar refractivity (Wildman–Crippen MR) is 91.1 cm³/mol. The number of ether oxygens (including phenoxy) is 2. The maximum atomic E-state index is 14.0. The normalized spacial score (nSPS) is 12.6. The molecular weight excluding hydrogens is 397 g/mol. The molecule has 122 valence electrons. The molecule has 0 saturated carbocycles. The van der Waals surface area contributed by atoms with Crippen molar-refractivity contribution < 1.29 is 13.9 Å². The van der Waals surface area contributed by atoms with Crippen molar-refractivity contribution in [2.45, 2.75) is 10.9 Å². The van der Waals surface area contributed by atoms with E-state index in [1.165, 1.54) is 24.2 Å². The maximum absolute atomic E-state index is 14.0. The molecule has 0 amide bonds. The number of thioether (sulfide) groups is 1. The summed E-state index contributed by atoms with van der Waals surface area (Å²) in [5.74, 6) is 1.77. The lowest BCUT2D eigenvalue weighted by Crippen LogP contribution is -1.98. The smallest absolute Gasteiger partial charge is 0.231 e. The van der Waals surface area contributed by atoms with Crippen LogP contribution in [0.25, 0.3) is 5.69 Å². The third kappa shape index (κ3) is 2.87. The molecule has 24 heavy (non-hydrogen) atoms. The van der Waals surface area contributed by atoms with Crippen LogP contribution in [0.3, 0.4) is 0 Å². The quantitative estimate of drug-likeness (QED) is 0.606. The van der Waals surface area contributed by atoms with Gasteiger partial charge in [0, 0.05) is 10.2 Å². The van der Waals surface area contributed by atoms with Crippen LogP contribution < -0.4 is 9.47 Å².